The van der Waals surface area contributed by atoms with Gasteiger partial charge in [0.05, 0.1) is 18.7 Å². The maximum absolute atomic E-state index is 10.5. The molecule has 0 heterocycles. The van der Waals surface area contributed by atoms with Crippen LogP contribution >= 0.6 is 0 Å². The van der Waals surface area contributed by atoms with Crippen molar-refractivity contribution in [1.29, 1.82) is 5.26 Å². The molecule has 0 aliphatic rings. The topological polar surface area (TPSA) is 59.3 Å². The highest BCUT2D eigenvalue weighted by Crippen LogP contribution is 2.23. The minimum Gasteiger partial charge on any atom is -0.497 e. The van der Waals surface area contributed by atoms with Gasteiger partial charge in [0, 0.05) is 5.56 Å². The molecule has 0 aliphatic carbocycles. The van der Waals surface area contributed by atoms with Gasteiger partial charge in [-0.25, -0.2) is 0 Å². The summed E-state index contributed by atoms with van der Waals surface area (Å²) in [4.78, 5) is 10.5. The molecule has 0 fully saturated rings. The number of ether oxygens (including phenoxy) is 2. The summed E-state index contributed by atoms with van der Waals surface area (Å²) in [5, 5.41) is 8.94. The molecule has 0 spiro atoms. The van der Waals surface area contributed by atoms with Crippen molar-refractivity contribution in [3.05, 3.63) is 65.2 Å². The lowest BCUT2D eigenvalue weighted by atomic mass is 10.1. The highest BCUT2D eigenvalue weighted by molar-refractivity contribution is 5.75. The SMILES string of the molecule is COc1ccc(COc2ccc(C#N)cc2/C=C/C=O)cc1. The summed E-state index contributed by atoms with van der Waals surface area (Å²) >= 11 is 0. The van der Waals surface area contributed by atoms with Crippen molar-refractivity contribution in [3.8, 4) is 17.6 Å². The highest BCUT2D eigenvalue weighted by Gasteiger charge is 2.04. The Morgan fingerprint density at radius 2 is 1.95 bits per heavy atom. The Labute approximate surface area is 129 Å². The Bertz CT molecular complexity index is 712. The van der Waals surface area contributed by atoms with Gasteiger partial charge >= 0.3 is 0 Å². The minimum absolute atomic E-state index is 0.387. The molecule has 0 saturated heterocycles. The third-order valence-corrected chi connectivity index (χ3v) is 3.05. The predicted molar refractivity (Wildman–Crippen MR) is 83.6 cm³/mol. The van der Waals surface area contributed by atoms with Gasteiger partial charge in [-0.3, -0.25) is 4.79 Å². The van der Waals surface area contributed by atoms with E-state index >= 15 is 0 Å². The van der Waals surface area contributed by atoms with E-state index in [9.17, 15) is 4.79 Å². The fraction of sp³-hybridized carbons (Fsp3) is 0.111. The molecule has 0 aromatic heterocycles. The average Bonchev–Trinajstić information content (AvgIpc) is 2.58. The van der Waals surface area contributed by atoms with Crippen LogP contribution < -0.4 is 9.47 Å². The van der Waals surface area contributed by atoms with Gasteiger partial charge in [-0.05, 0) is 48.0 Å². The molecule has 110 valence electrons. The van der Waals surface area contributed by atoms with E-state index in [-0.39, 0.29) is 0 Å². The summed E-state index contributed by atoms with van der Waals surface area (Å²) in [7, 11) is 1.62. The molecule has 0 radical (unpaired) electrons. The first-order chi connectivity index (χ1) is 10.8. The molecule has 0 aliphatic heterocycles. The van der Waals surface area contributed by atoms with Crippen LogP contribution in [0.5, 0.6) is 11.5 Å². The number of nitriles is 1. The molecule has 4 heteroatoms. The number of carbonyl (C=O) groups is 1. The van der Waals surface area contributed by atoms with E-state index in [1.54, 1.807) is 31.4 Å². The quantitative estimate of drug-likeness (QED) is 0.605. The predicted octanol–water partition coefficient (Wildman–Crippen LogP) is 3.36. The number of hydrogen-bond acceptors (Lipinski definition) is 4. The maximum Gasteiger partial charge on any atom is 0.142 e. The van der Waals surface area contributed by atoms with Gasteiger partial charge in [-0.1, -0.05) is 12.1 Å². The molecule has 22 heavy (non-hydrogen) atoms. The number of methoxy groups -OCH3 is 1. The Morgan fingerprint density at radius 1 is 1.18 bits per heavy atom. The van der Waals surface area contributed by atoms with Crippen molar-refractivity contribution < 1.29 is 14.3 Å². The van der Waals surface area contributed by atoms with Crippen LogP contribution in [0.3, 0.4) is 0 Å². The van der Waals surface area contributed by atoms with Gasteiger partial charge in [0.15, 0.2) is 0 Å². The fourth-order valence-corrected chi connectivity index (χ4v) is 1.91. The van der Waals surface area contributed by atoms with E-state index < -0.39 is 0 Å². The van der Waals surface area contributed by atoms with Crippen molar-refractivity contribution in [2.24, 2.45) is 0 Å². The number of allylic oxidation sites excluding steroid dienone is 1. The number of carbonyl (C=O) groups excluding carboxylic acids is 1. The number of benzene rings is 2. The van der Waals surface area contributed by atoms with Crippen LogP contribution in [0.15, 0.2) is 48.5 Å². The second kappa shape index (κ2) is 7.65. The third kappa shape index (κ3) is 3.97. The van der Waals surface area contributed by atoms with Crippen LogP contribution in [-0.4, -0.2) is 13.4 Å². The first kappa shape index (κ1) is 15.3. The lowest BCUT2D eigenvalue weighted by Gasteiger charge is -2.10. The zero-order valence-corrected chi connectivity index (χ0v) is 12.2. The first-order valence-corrected chi connectivity index (χ1v) is 6.68. The number of hydrogen-bond donors (Lipinski definition) is 0. The van der Waals surface area contributed by atoms with E-state index in [4.69, 9.17) is 14.7 Å². The van der Waals surface area contributed by atoms with E-state index in [1.165, 1.54) is 6.08 Å². The van der Waals surface area contributed by atoms with Gasteiger partial charge < -0.3 is 9.47 Å². The molecule has 0 unspecified atom stereocenters. The van der Waals surface area contributed by atoms with E-state index in [0.29, 0.717) is 29.8 Å². The van der Waals surface area contributed by atoms with Crippen LogP contribution in [-0.2, 0) is 11.4 Å². The van der Waals surface area contributed by atoms with Gasteiger partial charge in [-0.15, -0.1) is 0 Å². The summed E-state index contributed by atoms with van der Waals surface area (Å²) in [6, 6.07) is 14.7. The molecule has 4 nitrogen and oxygen atoms in total. The lowest BCUT2D eigenvalue weighted by molar-refractivity contribution is -0.104. The van der Waals surface area contributed by atoms with Gasteiger partial charge in [0.2, 0.25) is 0 Å². The standard InChI is InChI=1S/C18H15NO3/c1-21-17-7-4-14(5-8-17)13-22-18-9-6-15(12-19)11-16(18)3-2-10-20/h2-11H,13H2,1H3/b3-2+. The molecule has 0 bridgehead atoms. The summed E-state index contributed by atoms with van der Waals surface area (Å²) in [6.07, 6.45) is 3.68. The minimum atomic E-state index is 0.387. The van der Waals surface area contributed by atoms with Crippen LogP contribution in [0.2, 0.25) is 0 Å². The molecular formula is C18H15NO3. The van der Waals surface area contributed by atoms with Crippen molar-refractivity contribution >= 4 is 12.4 Å². The van der Waals surface area contributed by atoms with Crippen molar-refractivity contribution in [1.82, 2.24) is 0 Å². The summed E-state index contributed by atoms with van der Waals surface area (Å²) < 4.78 is 10.9. The Balaban J connectivity index is 2.15. The summed E-state index contributed by atoms with van der Waals surface area (Å²) in [6.45, 7) is 0.387. The lowest BCUT2D eigenvalue weighted by Crippen LogP contribution is -1.97. The third-order valence-electron chi connectivity index (χ3n) is 3.05. The average molecular weight is 293 g/mol. The number of aldehydes is 1. The largest absolute Gasteiger partial charge is 0.497 e. The first-order valence-electron chi connectivity index (χ1n) is 6.68. The molecule has 2 aromatic carbocycles. The normalized spacial score (nSPS) is 10.2. The molecular weight excluding hydrogens is 278 g/mol. The molecule has 0 N–H and O–H groups in total. The maximum atomic E-state index is 10.5. The summed E-state index contributed by atoms with van der Waals surface area (Å²) in [5.74, 6) is 1.41. The van der Waals surface area contributed by atoms with Crippen molar-refractivity contribution in [2.45, 2.75) is 6.61 Å². The molecule has 2 aromatic rings. The second-order valence-electron chi connectivity index (χ2n) is 4.50. The molecule has 0 atom stereocenters. The number of nitrogens with zero attached hydrogens (tertiary/aromatic N) is 1. The molecule has 0 saturated carbocycles. The Morgan fingerprint density at radius 3 is 2.59 bits per heavy atom. The zero-order valence-electron chi connectivity index (χ0n) is 12.2. The smallest absolute Gasteiger partial charge is 0.142 e. The van der Waals surface area contributed by atoms with Gasteiger partial charge in [-0.2, -0.15) is 5.26 Å². The van der Waals surface area contributed by atoms with Crippen LogP contribution in [0.1, 0.15) is 16.7 Å². The second-order valence-corrected chi connectivity index (χ2v) is 4.50. The molecule has 2 rings (SSSR count). The van der Waals surface area contributed by atoms with Gasteiger partial charge in [0.1, 0.15) is 24.4 Å². The monoisotopic (exact) mass is 293 g/mol. The zero-order chi connectivity index (χ0) is 15.8. The van der Waals surface area contributed by atoms with E-state index in [2.05, 4.69) is 6.07 Å². The van der Waals surface area contributed by atoms with E-state index in [0.717, 1.165) is 11.3 Å². The van der Waals surface area contributed by atoms with Crippen molar-refractivity contribution in [2.75, 3.05) is 7.11 Å². The van der Waals surface area contributed by atoms with Gasteiger partial charge in [0.25, 0.3) is 0 Å². The van der Waals surface area contributed by atoms with Crippen LogP contribution in [0.4, 0.5) is 0 Å². The van der Waals surface area contributed by atoms with Crippen LogP contribution in [0.25, 0.3) is 6.08 Å². The highest BCUT2D eigenvalue weighted by atomic mass is 16.5. The fourth-order valence-electron chi connectivity index (χ4n) is 1.91. The van der Waals surface area contributed by atoms with Crippen LogP contribution in [0, 0.1) is 11.3 Å². The number of rotatable bonds is 6. The summed E-state index contributed by atoms with van der Waals surface area (Å²) in [5.41, 5.74) is 2.21. The van der Waals surface area contributed by atoms with Crippen molar-refractivity contribution in [3.63, 3.8) is 0 Å². The molecule has 0 amide bonds. The Kier molecular flexibility index (Phi) is 5.33. The Hall–Kier alpha value is -3.06. The van der Waals surface area contributed by atoms with E-state index in [1.807, 2.05) is 24.3 Å².